The smallest absolute Gasteiger partial charge is 0.0953 e. The lowest BCUT2D eigenvalue weighted by atomic mass is 10.3. The van der Waals surface area contributed by atoms with E-state index in [0.29, 0.717) is 0 Å². The lowest BCUT2D eigenvalue weighted by Gasteiger charge is -2.04. The zero-order valence-electron chi connectivity index (χ0n) is 6.60. The predicted octanol–water partition coefficient (Wildman–Crippen LogP) is 1.82. The predicted molar refractivity (Wildman–Crippen MR) is 46.2 cm³/mol. The largest absolute Gasteiger partial charge is 0.472 e. The van der Waals surface area contributed by atoms with Crippen molar-refractivity contribution in [1.29, 1.82) is 0 Å². The molecule has 0 aliphatic carbocycles. The van der Waals surface area contributed by atoms with Gasteiger partial charge in [-0.1, -0.05) is 0 Å². The van der Waals surface area contributed by atoms with Gasteiger partial charge in [-0.3, -0.25) is 4.68 Å². The van der Waals surface area contributed by atoms with Gasteiger partial charge in [-0.25, -0.2) is 0 Å². The standard InChI is InChI=1S/C9H10N2O/c1-2-5-11(4-1)10-7-9-3-6-12-8-9/h1-6,8,10H,7H2. The molecule has 0 amide bonds. The van der Waals surface area contributed by atoms with Gasteiger partial charge >= 0.3 is 0 Å². The van der Waals surface area contributed by atoms with Crippen LogP contribution in [-0.4, -0.2) is 4.68 Å². The Kier molecular flexibility index (Phi) is 1.86. The molecule has 0 aromatic carbocycles. The molecule has 2 rings (SSSR count). The highest BCUT2D eigenvalue weighted by Gasteiger charge is 1.91. The SMILES string of the molecule is c1ccn(NCc2ccoc2)c1. The second kappa shape index (κ2) is 3.17. The van der Waals surface area contributed by atoms with E-state index >= 15 is 0 Å². The molecule has 0 saturated heterocycles. The Morgan fingerprint density at radius 1 is 1.33 bits per heavy atom. The first-order valence-electron chi connectivity index (χ1n) is 3.83. The lowest BCUT2D eigenvalue weighted by molar-refractivity contribution is 0.564. The van der Waals surface area contributed by atoms with Gasteiger partial charge in [0, 0.05) is 18.0 Å². The molecular formula is C9H10N2O. The Morgan fingerprint density at radius 2 is 2.17 bits per heavy atom. The van der Waals surface area contributed by atoms with Crippen LogP contribution >= 0.6 is 0 Å². The van der Waals surface area contributed by atoms with Crippen LogP contribution in [-0.2, 0) is 6.54 Å². The molecule has 0 fully saturated rings. The van der Waals surface area contributed by atoms with Gasteiger partial charge in [0.15, 0.2) is 0 Å². The molecule has 0 bridgehead atoms. The fourth-order valence-electron chi connectivity index (χ4n) is 1.02. The Morgan fingerprint density at radius 3 is 2.83 bits per heavy atom. The molecule has 2 heterocycles. The first-order valence-corrected chi connectivity index (χ1v) is 3.83. The van der Waals surface area contributed by atoms with Crippen molar-refractivity contribution in [2.24, 2.45) is 0 Å². The number of rotatable bonds is 3. The van der Waals surface area contributed by atoms with E-state index in [9.17, 15) is 0 Å². The molecule has 1 N–H and O–H groups in total. The molecule has 0 unspecified atom stereocenters. The molecule has 3 nitrogen and oxygen atoms in total. The fraction of sp³-hybridized carbons (Fsp3) is 0.111. The summed E-state index contributed by atoms with van der Waals surface area (Å²) in [7, 11) is 0. The van der Waals surface area contributed by atoms with Crippen LogP contribution in [0.3, 0.4) is 0 Å². The number of aromatic nitrogens is 1. The van der Waals surface area contributed by atoms with Gasteiger partial charge in [0.1, 0.15) is 0 Å². The maximum Gasteiger partial charge on any atom is 0.0953 e. The van der Waals surface area contributed by atoms with Gasteiger partial charge in [-0.15, -0.1) is 0 Å². The minimum absolute atomic E-state index is 0.783. The van der Waals surface area contributed by atoms with Gasteiger partial charge in [0.05, 0.1) is 19.1 Å². The van der Waals surface area contributed by atoms with Crippen LogP contribution in [0.1, 0.15) is 5.56 Å². The number of hydrogen-bond donors (Lipinski definition) is 1. The van der Waals surface area contributed by atoms with Crippen molar-refractivity contribution in [3.05, 3.63) is 48.7 Å². The van der Waals surface area contributed by atoms with Gasteiger partial charge in [0.2, 0.25) is 0 Å². The van der Waals surface area contributed by atoms with Crippen molar-refractivity contribution in [3.63, 3.8) is 0 Å². The number of nitrogens with zero attached hydrogens (tertiary/aromatic N) is 1. The van der Waals surface area contributed by atoms with Gasteiger partial charge < -0.3 is 9.84 Å². The molecular weight excluding hydrogens is 152 g/mol. The maximum absolute atomic E-state index is 4.94. The summed E-state index contributed by atoms with van der Waals surface area (Å²) in [6, 6.07) is 5.89. The highest BCUT2D eigenvalue weighted by molar-refractivity contribution is 5.07. The van der Waals surface area contributed by atoms with Crippen molar-refractivity contribution in [2.45, 2.75) is 6.54 Å². The first-order chi connectivity index (χ1) is 5.95. The van der Waals surface area contributed by atoms with E-state index in [0.717, 1.165) is 12.1 Å². The fourth-order valence-corrected chi connectivity index (χ4v) is 1.02. The highest BCUT2D eigenvalue weighted by atomic mass is 16.3. The van der Waals surface area contributed by atoms with E-state index in [1.54, 1.807) is 12.5 Å². The summed E-state index contributed by atoms with van der Waals surface area (Å²) in [5, 5.41) is 0. The molecule has 0 saturated carbocycles. The molecule has 2 aromatic rings. The van der Waals surface area contributed by atoms with E-state index in [1.165, 1.54) is 0 Å². The molecule has 2 aromatic heterocycles. The summed E-state index contributed by atoms with van der Waals surface area (Å²) < 4.78 is 6.84. The number of nitrogens with one attached hydrogen (secondary N) is 1. The Labute approximate surface area is 70.6 Å². The molecule has 0 aliphatic heterocycles. The zero-order chi connectivity index (χ0) is 8.23. The summed E-state index contributed by atoms with van der Waals surface area (Å²) in [5.41, 5.74) is 4.33. The molecule has 0 atom stereocenters. The minimum atomic E-state index is 0.783. The Balaban J connectivity index is 1.91. The second-order valence-corrected chi connectivity index (χ2v) is 2.56. The summed E-state index contributed by atoms with van der Waals surface area (Å²) in [6.07, 6.45) is 7.32. The van der Waals surface area contributed by atoms with Crippen LogP contribution in [0.15, 0.2) is 47.5 Å². The molecule has 0 aliphatic rings. The third-order valence-corrected chi connectivity index (χ3v) is 1.65. The Bertz CT molecular complexity index is 276. The van der Waals surface area contributed by atoms with Gasteiger partial charge in [0.25, 0.3) is 0 Å². The average Bonchev–Trinajstić information content (AvgIpc) is 2.74. The van der Waals surface area contributed by atoms with Crippen LogP contribution in [0.4, 0.5) is 0 Å². The summed E-state index contributed by atoms with van der Waals surface area (Å²) in [5.74, 6) is 0. The van der Waals surface area contributed by atoms with Crippen molar-refractivity contribution < 1.29 is 4.42 Å². The van der Waals surface area contributed by atoms with Crippen LogP contribution in [0.2, 0.25) is 0 Å². The molecule has 12 heavy (non-hydrogen) atoms. The van der Waals surface area contributed by atoms with E-state index in [-0.39, 0.29) is 0 Å². The minimum Gasteiger partial charge on any atom is -0.472 e. The summed E-state index contributed by atoms with van der Waals surface area (Å²) >= 11 is 0. The monoisotopic (exact) mass is 162 g/mol. The van der Waals surface area contributed by atoms with Crippen molar-refractivity contribution in [3.8, 4) is 0 Å². The molecule has 62 valence electrons. The van der Waals surface area contributed by atoms with Gasteiger partial charge in [-0.05, 0) is 18.2 Å². The Hall–Kier alpha value is -1.64. The van der Waals surface area contributed by atoms with Gasteiger partial charge in [-0.2, -0.15) is 0 Å². The zero-order valence-corrected chi connectivity index (χ0v) is 6.60. The van der Waals surface area contributed by atoms with E-state index in [2.05, 4.69) is 5.43 Å². The quantitative estimate of drug-likeness (QED) is 0.746. The maximum atomic E-state index is 4.94. The third kappa shape index (κ3) is 1.50. The normalized spacial score (nSPS) is 10.0. The van der Waals surface area contributed by atoms with Crippen molar-refractivity contribution in [2.75, 3.05) is 5.43 Å². The van der Waals surface area contributed by atoms with Crippen LogP contribution in [0, 0.1) is 0 Å². The highest BCUT2D eigenvalue weighted by Crippen LogP contribution is 1.99. The van der Waals surface area contributed by atoms with Crippen molar-refractivity contribution >= 4 is 0 Å². The van der Waals surface area contributed by atoms with Crippen LogP contribution in [0.5, 0.6) is 0 Å². The molecule has 0 radical (unpaired) electrons. The lowest BCUT2D eigenvalue weighted by Crippen LogP contribution is -2.10. The summed E-state index contributed by atoms with van der Waals surface area (Å²) in [4.78, 5) is 0. The first kappa shape index (κ1) is 7.03. The van der Waals surface area contributed by atoms with E-state index < -0.39 is 0 Å². The second-order valence-electron chi connectivity index (χ2n) is 2.56. The average molecular weight is 162 g/mol. The molecule has 3 heteroatoms. The van der Waals surface area contributed by atoms with Crippen LogP contribution < -0.4 is 5.43 Å². The van der Waals surface area contributed by atoms with Crippen molar-refractivity contribution in [1.82, 2.24) is 4.68 Å². The van der Waals surface area contributed by atoms with E-state index in [1.807, 2.05) is 35.3 Å². The number of furan rings is 1. The van der Waals surface area contributed by atoms with Crippen LogP contribution in [0.25, 0.3) is 0 Å². The number of hydrogen-bond acceptors (Lipinski definition) is 2. The topological polar surface area (TPSA) is 30.1 Å². The summed E-state index contributed by atoms with van der Waals surface area (Å²) in [6.45, 7) is 0.783. The molecule has 0 spiro atoms. The third-order valence-electron chi connectivity index (χ3n) is 1.65. The van der Waals surface area contributed by atoms with E-state index in [4.69, 9.17) is 4.42 Å².